The van der Waals surface area contributed by atoms with Crippen LogP contribution in [0.5, 0.6) is 0 Å². The van der Waals surface area contributed by atoms with Gasteiger partial charge in [-0.05, 0) is 49.4 Å². The smallest absolute Gasteiger partial charge is 0.231 e. The third-order valence-electron chi connectivity index (χ3n) is 3.74. The molecule has 1 N–H and O–H groups in total. The molecule has 3 aromatic rings. The molecule has 3 rings (SSSR count). The zero-order valence-corrected chi connectivity index (χ0v) is 15.0. The normalized spacial score (nSPS) is 10.7. The summed E-state index contributed by atoms with van der Waals surface area (Å²) in [6.45, 7) is 6.24. The molecule has 0 spiro atoms. The number of thiophene rings is 1. The van der Waals surface area contributed by atoms with E-state index >= 15 is 0 Å². The van der Waals surface area contributed by atoms with E-state index in [4.69, 9.17) is 0 Å². The summed E-state index contributed by atoms with van der Waals surface area (Å²) >= 11 is 3.11. The number of carbonyl (C=O) groups is 1. The predicted molar refractivity (Wildman–Crippen MR) is 98.4 cm³/mol. The summed E-state index contributed by atoms with van der Waals surface area (Å²) in [5.74, 6) is -0.0205. The minimum absolute atomic E-state index is 0.0205. The van der Waals surface area contributed by atoms with Crippen molar-refractivity contribution in [3.05, 3.63) is 56.6 Å². The van der Waals surface area contributed by atoms with Crippen molar-refractivity contribution >= 4 is 33.7 Å². The Morgan fingerprint density at radius 1 is 1.17 bits per heavy atom. The van der Waals surface area contributed by atoms with Crippen molar-refractivity contribution in [3.8, 4) is 11.3 Å². The third-order valence-corrected chi connectivity index (χ3v) is 5.50. The maximum Gasteiger partial charge on any atom is 0.231 e. The number of amides is 1. The summed E-state index contributed by atoms with van der Waals surface area (Å²) in [7, 11) is 0. The van der Waals surface area contributed by atoms with Crippen LogP contribution in [0, 0.1) is 20.8 Å². The van der Waals surface area contributed by atoms with Crippen LogP contribution >= 0.6 is 22.7 Å². The molecule has 0 saturated heterocycles. The van der Waals surface area contributed by atoms with E-state index < -0.39 is 0 Å². The van der Waals surface area contributed by atoms with Gasteiger partial charge in [-0.2, -0.15) is 0 Å². The number of hydrogen-bond acceptors (Lipinski definition) is 4. The Morgan fingerprint density at radius 2 is 2.00 bits per heavy atom. The molecular formula is C18H18N2OS2. The number of nitrogens with one attached hydrogen (secondary N) is 1. The SMILES string of the molecule is Cc1ccc(-c2nc(NC(=O)Cc3cccs3)sc2C)cc1C. The topological polar surface area (TPSA) is 42.0 Å². The highest BCUT2D eigenvalue weighted by molar-refractivity contribution is 7.16. The van der Waals surface area contributed by atoms with Gasteiger partial charge in [0, 0.05) is 15.3 Å². The number of thiazole rings is 1. The summed E-state index contributed by atoms with van der Waals surface area (Å²) in [5.41, 5.74) is 4.56. The second-order valence-electron chi connectivity index (χ2n) is 5.53. The second-order valence-corrected chi connectivity index (χ2v) is 7.76. The predicted octanol–water partition coefficient (Wildman–Crippen LogP) is 4.98. The molecule has 2 heterocycles. The van der Waals surface area contributed by atoms with Crippen LogP contribution < -0.4 is 5.32 Å². The average Bonchev–Trinajstić information content (AvgIpc) is 3.12. The van der Waals surface area contributed by atoms with E-state index in [2.05, 4.69) is 42.3 Å². The number of carbonyl (C=O) groups excluding carboxylic acids is 1. The molecule has 0 atom stereocenters. The van der Waals surface area contributed by atoms with E-state index in [9.17, 15) is 4.79 Å². The lowest BCUT2D eigenvalue weighted by Crippen LogP contribution is -2.13. The van der Waals surface area contributed by atoms with E-state index in [1.807, 2.05) is 24.4 Å². The number of aromatic nitrogens is 1. The quantitative estimate of drug-likeness (QED) is 0.726. The monoisotopic (exact) mass is 342 g/mol. The molecule has 0 aliphatic carbocycles. The molecule has 0 fully saturated rings. The van der Waals surface area contributed by atoms with Gasteiger partial charge in [0.25, 0.3) is 0 Å². The van der Waals surface area contributed by atoms with Crippen molar-refractivity contribution < 1.29 is 4.79 Å². The zero-order valence-electron chi connectivity index (χ0n) is 13.3. The summed E-state index contributed by atoms with van der Waals surface area (Å²) in [6.07, 6.45) is 0.398. The number of hydrogen-bond donors (Lipinski definition) is 1. The van der Waals surface area contributed by atoms with Gasteiger partial charge in [-0.1, -0.05) is 18.2 Å². The molecular weight excluding hydrogens is 324 g/mol. The Hall–Kier alpha value is -1.98. The maximum absolute atomic E-state index is 12.1. The number of anilines is 1. The summed E-state index contributed by atoms with van der Waals surface area (Å²) in [5, 5.41) is 5.56. The van der Waals surface area contributed by atoms with Crippen LogP contribution in [0.15, 0.2) is 35.7 Å². The van der Waals surface area contributed by atoms with Crippen LogP contribution in [-0.2, 0) is 11.2 Å². The highest BCUT2D eigenvalue weighted by Gasteiger charge is 2.13. The van der Waals surface area contributed by atoms with Gasteiger partial charge in [0.15, 0.2) is 5.13 Å². The Kier molecular flexibility index (Phi) is 4.59. The molecule has 0 unspecified atom stereocenters. The Balaban J connectivity index is 1.77. The lowest BCUT2D eigenvalue weighted by atomic mass is 10.0. The van der Waals surface area contributed by atoms with Gasteiger partial charge in [0.1, 0.15) is 0 Å². The maximum atomic E-state index is 12.1. The standard InChI is InChI=1S/C18H18N2OS2/c1-11-6-7-14(9-12(11)2)17-13(3)23-18(20-17)19-16(21)10-15-5-4-8-22-15/h4-9H,10H2,1-3H3,(H,19,20,21). The molecule has 0 aliphatic heterocycles. The summed E-state index contributed by atoms with van der Waals surface area (Å²) in [6, 6.07) is 10.3. The lowest BCUT2D eigenvalue weighted by molar-refractivity contribution is -0.115. The first kappa shape index (κ1) is 15.9. The lowest BCUT2D eigenvalue weighted by Gasteiger charge is -2.03. The molecule has 0 aliphatic rings. The highest BCUT2D eigenvalue weighted by atomic mass is 32.1. The number of benzene rings is 1. The molecule has 0 saturated carbocycles. The second kappa shape index (κ2) is 6.64. The van der Waals surface area contributed by atoms with E-state index in [-0.39, 0.29) is 5.91 Å². The van der Waals surface area contributed by atoms with Gasteiger partial charge in [-0.15, -0.1) is 22.7 Å². The fourth-order valence-corrected chi connectivity index (χ4v) is 3.90. The number of aryl methyl sites for hydroxylation is 3. The first-order chi connectivity index (χ1) is 11.0. The van der Waals surface area contributed by atoms with Gasteiger partial charge in [-0.25, -0.2) is 4.98 Å². The van der Waals surface area contributed by atoms with Crippen LogP contribution in [0.2, 0.25) is 0 Å². The molecule has 5 heteroatoms. The highest BCUT2D eigenvalue weighted by Crippen LogP contribution is 2.31. The van der Waals surface area contributed by atoms with Gasteiger partial charge in [-0.3, -0.25) is 4.79 Å². The van der Waals surface area contributed by atoms with Crippen molar-refractivity contribution in [1.82, 2.24) is 4.98 Å². The van der Waals surface area contributed by atoms with Crippen LogP contribution in [-0.4, -0.2) is 10.9 Å². The minimum atomic E-state index is -0.0205. The fraction of sp³-hybridized carbons (Fsp3) is 0.222. The number of nitrogens with zero attached hydrogens (tertiary/aromatic N) is 1. The molecule has 3 nitrogen and oxygen atoms in total. The molecule has 1 amide bonds. The zero-order chi connectivity index (χ0) is 16.4. The summed E-state index contributed by atoms with van der Waals surface area (Å²) in [4.78, 5) is 18.9. The first-order valence-corrected chi connectivity index (χ1v) is 9.10. The molecule has 23 heavy (non-hydrogen) atoms. The van der Waals surface area contributed by atoms with Crippen molar-refractivity contribution in [3.63, 3.8) is 0 Å². The van der Waals surface area contributed by atoms with E-state index in [0.29, 0.717) is 11.6 Å². The van der Waals surface area contributed by atoms with Gasteiger partial charge < -0.3 is 5.32 Å². The van der Waals surface area contributed by atoms with E-state index in [1.165, 1.54) is 22.5 Å². The van der Waals surface area contributed by atoms with Gasteiger partial charge in [0.05, 0.1) is 12.1 Å². The molecule has 118 valence electrons. The number of rotatable bonds is 4. The molecule has 0 radical (unpaired) electrons. The molecule has 1 aromatic carbocycles. The van der Waals surface area contributed by atoms with Crippen LogP contribution in [0.4, 0.5) is 5.13 Å². The molecule has 0 bridgehead atoms. The first-order valence-electron chi connectivity index (χ1n) is 7.40. The minimum Gasteiger partial charge on any atom is -0.302 e. The van der Waals surface area contributed by atoms with Gasteiger partial charge in [0.2, 0.25) is 5.91 Å². The van der Waals surface area contributed by atoms with E-state index in [1.54, 1.807) is 11.3 Å². The third kappa shape index (κ3) is 3.68. The van der Waals surface area contributed by atoms with Crippen LogP contribution in [0.3, 0.4) is 0 Å². The van der Waals surface area contributed by atoms with Gasteiger partial charge >= 0.3 is 0 Å². The Labute approximate surface area is 144 Å². The molecule has 2 aromatic heterocycles. The Morgan fingerprint density at radius 3 is 2.70 bits per heavy atom. The van der Waals surface area contributed by atoms with Crippen LogP contribution in [0.25, 0.3) is 11.3 Å². The summed E-state index contributed by atoms with van der Waals surface area (Å²) < 4.78 is 0. The van der Waals surface area contributed by atoms with Crippen molar-refractivity contribution in [2.24, 2.45) is 0 Å². The van der Waals surface area contributed by atoms with Crippen molar-refractivity contribution in [2.45, 2.75) is 27.2 Å². The average molecular weight is 342 g/mol. The largest absolute Gasteiger partial charge is 0.302 e. The fourth-order valence-electron chi connectivity index (χ4n) is 2.34. The van der Waals surface area contributed by atoms with E-state index in [0.717, 1.165) is 21.0 Å². The van der Waals surface area contributed by atoms with Crippen LogP contribution in [0.1, 0.15) is 20.9 Å². The van der Waals surface area contributed by atoms with Crippen molar-refractivity contribution in [2.75, 3.05) is 5.32 Å². The Bertz CT molecular complexity index is 835. The van der Waals surface area contributed by atoms with Crippen molar-refractivity contribution in [1.29, 1.82) is 0 Å².